The molecule has 0 radical (unpaired) electrons. The Hall–Kier alpha value is -1.51. The van der Waals surface area contributed by atoms with Crippen LogP contribution in [0.5, 0.6) is 0 Å². The van der Waals surface area contributed by atoms with Gasteiger partial charge in [-0.3, -0.25) is 4.79 Å². The van der Waals surface area contributed by atoms with E-state index in [1.807, 2.05) is 44.1 Å². The van der Waals surface area contributed by atoms with Crippen molar-refractivity contribution in [2.75, 3.05) is 19.4 Å². The number of hydrogen-bond donors (Lipinski definition) is 1. The maximum atomic E-state index is 12.7. The first-order valence-electron chi connectivity index (χ1n) is 7.89. The van der Waals surface area contributed by atoms with Gasteiger partial charge in [-0.2, -0.15) is 0 Å². The predicted molar refractivity (Wildman–Crippen MR) is 88.9 cm³/mol. The highest BCUT2D eigenvalue weighted by atomic mass is 16.2. The number of nitrogens with one attached hydrogen (secondary N) is 1. The summed E-state index contributed by atoms with van der Waals surface area (Å²) in [5.74, 6) is 0.153. The van der Waals surface area contributed by atoms with Gasteiger partial charge in [0.1, 0.15) is 0 Å². The molecule has 2 rings (SSSR count). The highest BCUT2D eigenvalue weighted by Crippen LogP contribution is 2.37. The van der Waals surface area contributed by atoms with Gasteiger partial charge in [0.05, 0.1) is 0 Å². The van der Waals surface area contributed by atoms with E-state index in [9.17, 15) is 4.79 Å². The first-order chi connectivity index (χ1) is 9.84. The summed E-state index contributed by atoms with van der Waals surface area (Å²) in [6.45, 7) is 6.66. The van der Waals surface area contributed by atoms with Gasteiger partial charge in [-0.1, -0.05) is 13.8 Å². The van der Waals surface area contributed by atoms with Crippen LogP contribution in [0.2, 0.25) is 0 Å². The number of hydrogen-bond acceptors (Lipinski definition) is 2. The van der Waals surface area contributed by atoms with Gasteiger partial charge in [0.15, 0.2) is 0 Å². The second-order valence-electron chi connectivity index (χ2n) is 7.09. The molecule has 1 amide bonds. The van der Waals surface area contributed by atoms with E-state index >= 15 is 0 Å². The van der Waals surface area contributed by atoms with Crippen LogP contribution in [0.25, 0.3) is 0 Å². The normalized spacial score (nSPS) is 18.3. The Labute approximate surface area is 128 Å². The van der Waals surface area contributed by atoms with Crippen molar-refractivity contribution in [3.8, 4) is 0 Å². The smallest absolute Gasteiger partial charge is 0.254 e. The van der Waals surface area contributed by atoms with Crippen molar-refractivity contribution in [3.05, 3.63) is 29.3 Å². The van der Waals surface area contributed by atoms with Crippen molar-refractivity contribution in [1.29, 1.82) is 0 Å². The van der Waals surface area contributed by atoms with Gasteiger partial charge in [-0.25, -0.2) is 0 Å². The third kappa shape index (κ3) is 3.58. The number of carbonyl (C=O) groups excluding carboxylic acids is 1. The van der Waals surface area contributed by atoms with Crippen LogP contribution < -0.4 is 5.32 Å². The zero-order chi connectivity index (χ0) is 15.6. The van der Waals surface area contributed by atoms with Crippen LogP contribution in [0.3, 0.4) is 0 Å². The maximum Gasteiger partial charge on any atom is 0.254 e. The van der Waals surface area contributed by atoms with Crippen LogP contribution in [-0.4, -0.2) is 30.9 Å². The molecule has 1 aromatic carbocycles. The monoisotopic (exact) mass is 288 g/mol. The van der Waals surface area contributed by atoms with Crippen molar-refractivity contribution < 1.29 is 4.79 Å². The van der Waals surface area contributed by atoms with Gasteiger partial charge in [-0.05, 0) is 61.8 Å². The van der Waals surface area contributed by atoms with Crippen molar-refractivity contribution in [2.24, 2.45) is 5.41 Å². The van der Waals surface area contributed by atoms with Crippen LogP contribution in [0, 0.1) is 12.3 Å². The van der Waals surface area contributed by atoms with Gasteiger partial charge >= 0.3 is 0 Å². The van der Waals surface area contributed by atoms with E-state index in [0.29, 0.717) is 11.5 Å². The lowest BCUT2D eigenvalue weighted by Gasteiger charge is -2.38. The molecule has 1 aliphatic carbocycles. The van der Waals surface area contributed by atoms with Crippen LogP contribution in [0.4, 0.5) is 5.69 Å². The number of nitrogens with zero attached hydrogens (tertiary/aromatic N) is 1. The van der Waals surface area contributed by atoms with Crippen molar-refractivity contribution >= 4 is 11.6 Å². The first kappa shape index (κ1) is 15.9. The number of aryl methyl sites for hydroxylation is 1. The molecule has 0 atom stereocenters. The lowest BCUT2D eigenvalue weighted by Crippen LogP contribution is -2.41. The second kappa shape index (κ2) is 6.08. The highest BCUT2D eigenvalue weighted by molar-refractivity contribution is 5.96. The second-order valence-corrected chi connectivity index (χ2v) is 7.09. The Morgan fingerprint density at radius 2 is 1.90 bits per heavy atom. The molecule has 3 heteroatoms. The predicted octanol–water partition coefficient (Wildman–Crippen LogP) is 4.08. The molecular formula is C18H28N2O. The molecule has 0 aromatic heterocycles. The molecule has 1 aromatic rings. The molecule has 0 saturated heterocycles. The zero-order valence-corrected chi connectivity index (χ0v) is 14.0. The van der Waals surface area contributed by atoms with Crippen molar-refractivity contribution in [3.63, 3.8) is 0 Å². The summed E-state index contributed by atoms with van der Waals surface area (Å²) in [5.41, 5.74) is 3.34. The number of benzene rings is 1. The standard InChI is InChI=1S/C18H28N2O/c1-13-12-14(19-4)6-7-16(13)17(21)20(5)15-8-10-18(2,3)11-9-15/h6-7,12,15,19H,8-11H2,1-5H3. The van der Waals surface area contributed by atoms with Gasteiger partial charge in [0, 0.05) is 31.4 Å². The summed E-state index contributed by atoms with van der Waals surface area (Å²) in [6.07, 6.45) is 4.63. The van der Waals surface area contributed by atoms with Crippen molar-refractivity contribution in [2.45, 2.75) is 52.5 Å². The molecule has 0 spiro atoms. The van der Waals surface area contributed by atoms with Crippen LogP contribution in [-0.2, 0) is 0 Å². The topological polar surface area (TPSA) is 32.3 Å². The van der Waals surface area contributed by atoms with Crippen LogP contribution >= 0.6 is 0 Å². The summed E-state index contributed by atoms with van der Waals surface area (Å²) >= 11 is 0. The van der Waals surface area contributed by atoms with E-state index in [1.54, 1.807) is 0 Å². The molecule has 0 bridgehead atoms. The van der Waals surface area contributed by atoms with Crippen molar-refractivity contribution in [1.82, 2.24) is 4.90 Å². The third-order valence-corrected chi connectivity index (χ3v) is 4.92. The SMILES string of the molecule is CNc1ccc(C(=O)N(C)C2CCC(C)(C)CC2)c(C)c1. The fraction of sp³-hybridized carbons (Fsp3) is 0.611. The Morgan fingerprint density at radius 3 is 2.43 bits per heavy atom. The maximum absolute atomic E-state index is 12.7. The number of anilines is 1. The van der Waals surface area contributed by atoms with E-state index in [-0.39, 0.29) is 5.91 Å². The van der Waals surface area contributed by atoms with E-state index in [4.69, 9.17) is 0 Å². The minimum Gasteiger partial charge on any atom is -0.388 e. The number of rotatable bonds is 3. The van der Waals surface area contributed by atoms with E-state index in [1.165, 1.54) is 12.8 Å². The third-order valence-electron chi connectivity index (χ3n) is 4.92. The number of amides is 1. The summed E-state index contributed by atoms with van der Waals surface area (Å²) in [6, 6.07) is 6.32. The number of carbonyl (C=O) groups is 1. The highest BCUT2D eigenvalue weighted by Gasteiger charge is 2.31. The van der Waals surface area contributed by atoms with E-state index in [2.05, 4.69) is 19.2 Å². The average molecular weight is 288 g/mol. The molecule has 1 saturated carbocycles. The molecule has 1 aliphatic rings. The molecule has 3 nitrogen and oxygen atoms in total. The summed E-state index contributed by atoms with van der Waals surface area (Å²) in [5, 5.41) is 3.11. The molecule has 1 fully saturated rings. The van der Waals surface area contributed by atoms with Crippen LogP contribution in [0.15, 0.2) is 18.2 Å². The Balaban J connectivity index is 2.09. The molecule has 1 N–H and O–H groups in total. The quantitative estimate of drug-likeness (QED) is 0.909. The average Bonchev–Trinajstić information content (AvgIpc) is 2.45. The largest absolute Gasteiger partial charge is 0.388 e. The fourth-order valence-corrected chi connectivity index (χ4v) is 3.19. The minimum atomic E-state index is 0.153. The molecule has 21 heavy (non-hydrogen) atoms. The fourth-order valence-electron chi connectivity index (χ4n) is 3.19. The Morgan fingerprint density at radius 1 is 1.29 bits per heavy atom. The molecule has 0 heterocycles. The first-order valence-corrected chi connectivity index (χ1v) is 7.89. The zero-order valence-electron chi connectivity index (χ0n) is 14.0. The molecule has 0 unspecified atom stereocenters. The van der Waals surface area contributed by atoms with E-state index in [0.717, 1.165) is 29.7 Å². The minimum absolute atomic E-state index is 0.153. The Kier molecular flexibility index (Phi) is 4.60. The molecule has 116 valence electrons. The lowest BCUT2D eigenvalue weighted by molar-refractivity contribution is 0.0634. The van der Waals surface area contributed by atoms with Gasteiger partial charge in [0.2, 0.25) is 0 Å². The van der Waals surface area contributed by atoms with Crippen LogP contribution in [0.1, 0.15) is 55.5 Å². The van der Waals surface area contributed by atoms with Gasteiger partial charge in [-0.15, -0.1) is 0 Å². The summed E-state index contributed by atoms with van der Waals surface area (Å²) in [4.78, 5) is 14.7. The Bertz CT molecular complexity index is 512. The molecule has 0 aliphatic heterocycles. The summed E-state index contributed by atoms with van der Waals surface area (Å²) < 4.78 is 0. The van der Waals surface area contributed by atoms with E-state index < -0.39 is 0 Å². The summed E-state index contributed by atoms with van der Waals surface area (Å²) in [7, 11) is 3.85. The van der Waals surface area contributed by atoms with Gasteiger partial charge in [0.25, 0.3) is 5.91 Å². The lowest BCUT2D eigenvalue weighted by atomic mass is 9.75. The molecular weight excluding hydrogens is 260 g/mol. The van der Waals surface area contributed by atoms with Gasteiger partial charge < -0.3 is 10.2 Å².